The highest BCUT2D eigenvalue weighted by Gasteiger charge is 1.94. The average molecular weight is 155 g/mol. The Bertz CT molecular complexity index is 294. The van der Waals surface area contributed by atoms with E-state index in [1.165, 1.54) is 17.9 Å². The molecule has 5 nitrogen and oxygen atoms in total. The normalized spacial score (nSPS) is 9.91. The molecule has 0 aliphatic rings. The third kappa shape index (κ3) is 1.78. The summed E-state index contributed by atoms with van der Waals surface area (Å²) in [6.45, 7) is 0.201. The zero-order chi connectivity index (χ0) is 8.27. The lowest BCUT2D eigenvalue weighted by Gasteiger charge is -2.01. The Morgan fingerprint density at radius 1 is 1.82 bits per heavy atom. The molecule has 0 aromatic carbocycles. The lowest BCUT2D eigenvalue weighted by atomic mass is 10.6. The molecular formula is C6H9N3O2. The number of hydrogen-bond acceptors (Lipinski definition) is 4. The second-order valence-electron chi connectivity index (χ2n) is 2.02. The van der Waals surface area contributed by atoms with Gasteiger partial charge in [0.15, 0.2) is 0 Å². The van der Waals surface area contributed by atoms with Gasteiger partial charge >= 0.3 is 5.69 Å². The second-order valence-corrected chi connectivity index (χ2v) is 2.02. The van der Waals surface area contributed by atoms with E-state index in [0.717, 1.165) is 0 Å². The average Bonchev–Trinajstić information content (AvgIpc) is 1.95. The number of methoxy groups -OCH3 is 1. The lowest BCUT2D eigenvalue weighted by molar-refractivity contribution is 0.127. The van der Waals surface area contributed by atoms with Crippen LogP contribution < -0.4 is 11.4 Å². The van der Waals surface area contributed by atoms with Crippen LogP contribution in [0.25, 0.3) is 0 Å². The van der Waals surface area contributed by atoms with Gasteiger partial charge in [-0.2, -0.15) is 4.98 Å². The van der Waals surface area contributed by atoms with Gasteiger partial charge in [-0.1, -0.05) is 0 Å². The predicted octanol–water partition coefficient (Wildman–Crippen LogP) is -0.571. The smallest absolute Gasteiger partial charge is 0.351 e. The maximum Gasteiger partial charge on any atom is 0.351 e. The van der Waals surface area contributed by atoms with Crippen LogP contribution in [0.4, 0.5) is 5.82 Å². The van der Waals surface area contributed by atoms with Crippen LogP contribution in [0.15, 0.2) is 17.1 Å². The highest BCUT2D eigenvalue weighted by atomic mass is 16.5. The lowest BCUT2D eigenvalue weighted by Crippen LogP contribution is -2.23. The van der Waals surface area contributed by atoms with Gasteiger partial charge in [0.1, 0.15) is 12.5 Å². The SMILES string of the molecule is COCn1ccc(N)nc1=O. The molecule has 0 unspecified atom stereocenters. The number of rotatable bonds is 2. The first kappa shape index (κ1) is 7.74. The maximum absolute atomic E-state index is 10.9. The predicted molar refractivity (Wildman–Crippen MR) is 39.9 cm³/mol. The van der Waals surface area contributed by atoms with Crippen molar-refractivity contribution >= 4 is 5.82 Å². The molecule has 0 aliphatic heterocycles. The molecule has 0 atom stereocenters. The van der Waals surface area contributed by atoms with Gasteiger partial charge in [0.05, 0.1) is 0 Å². The standard InChI is InChI=1S/C6H9N3O2/c1-11-4-9-3-2-5(7)8-6(9)10/h2-3H,4H2,1H3,(H2,7,8,10). The Morgan fingerprint density at radius 2 is 2.55 bits per heavy atom. The van der Waals surface area contributed by atoms with E-state index in [2.05, 4.69) is 4.98 Å². The molecule has 0 spiro atoms. The first-order chi connectivity index (χ1) is 5.24. The van der Waals surface area contributed by atoms with Gasteiger partial charge in [-0.05, 0) is 6.07 Å². The van der Waals surface area contributed by atoms with Crippen molar-refractivity contribution in [2.75, 3.05) is 12.8 Å². The first-order valence-corrected chi connectivity index (χ1v) is 3.06. The van der Waals surface area contributed by atoms with Crippen molar-refractivity contribution in [2.45, 2.75) is 6.73 Å². The molecule has 1 aromatic rings. The van der Waals surface area contributed by atoms with Crippen LogP contribution in [0, 0.1) is 0 Å². The van der Waals surface area contributed by atoms with Crippen molar-refractivity contribution in [2.24, 2.45) is 0 Å². The molecule has 1 aromatic heterocycles. The molecule has 0 fully saturated rings. The molecule has 0 saturated carbocycles. The molecule has 1 heterocycles. The van der Waals surface area contributed by atoms with Crippen molar-refractivity contribution in [3.8, 4) is 0 Å². The minimum absolute atomic E-state index is 0.201. The fraction of sp³-hybridized carbons (Fsp3) is 0.333. The summed E-state index contributed by atoms with van der Waals surface area (Å²) in [6, 6.07) is 1.54. The molecule has 1 rings (SSSR count). The van der Waals surface area contributed by atoms with E-state index < -0.39 is 5.69 Å². The van der Waals surface area contributed by atoms with Gasteiger partial charge in [-0.3, -0.25) is 4.57 Å². The van der Waals surface area contributed by atoms with Crippen LogP contribution in [0.5, 0.6) is 0 Å². The zero-order valence-electron chi connectivity index (χ0n) is 6.15. The Labute approximate surface area is 63.4 Å². The van der Waals surface area contributed by atoms with Crippen molar-refractivity contribution in [3.05, 3.63) is 22.7 Å². The van der Waals surface area contributed by atoms with Gasteiger partial charge in [0.2, 0.25) is 0 Å². The molecule has 0 aliphatic carbocycles. The number of nitrogen functional groups attached to an aromatic ring is 1. The zero-order valence-corrected chi connectivity index (χ0v) is 6.15. The maximum atomic E-state index is 10.9. The van der Waals surface area contributed by atoms with Crippen LogP contribution in [-0.2, 0) is 11.5 Å². The Balaban J connectivity index is 3.00. The van der Waals surface area contributed by atoms with E-state index in [9.17, 15) is 4.79 Å². The Morgan fingerprint density at radius 3 is 3.09 bits per heavy atom. The molecule has 0 saturated heterocycles. The molecule has 2 N–H and O–H groups in total. The Hall–Kier alpha value is -1.36. The summed E-state index contributed by atoms with van der Waals surface area (Å²) in [5.74, 6) is 0.224. The van der Waals surface area contributed by atoms with Gasteiger partial charge in [-0.25, -0.2) is 4.79 Å². The summed E-state index contributed by atoms with van der Waals surface area (Å²) < 4.78 is 6.05. The second kappa shape index (κ2) is 3.16. The minimum Gasteiger partial charge on any atom is -0.383 e. The number of nitrogens with two attached hydrogens (primary N) is 1. The molecular weight excluding hydrogens is 146 g/mol. The number of nitrogens with zero attached hydrogens (tertiary/aromatic N) is 2. The minimum atomic E-state index is -0.396. The Kier molecular flexibility index (Phi) is 2.22. The largest absolute Gasteiger partial charge is 0.383 e. The fourth-order valence-corrected chi connectivity index (χ4v) is 0.679. The van der Waals surface area contributed by atoms with E-state index in [4.69, 9.17) is 10.5 Å². The van der Waals surface area contributed by atoms with Crippen molar-refractivity contribution < 1.29 is 4.74 Å². The summed E-state index contributed by atoms with van der Waals surface area (Å²) in [6.07, 6.45) is 1.54. The third-order valence-electron chi connectivity index (χ3n) is 1.16. The summed E-state index contributed by atoms with van der Waals surface area (Å²) in [5.41, 5.74) is 4.86. The van der Waals surface area contributed by atoms with E-state index in [0.29, 0.717) is 0 Å². The third-order valence-corrected chi connectivity index (χ3v) is 1.16. The summed E-state index contributed by atoms with van der Waals surface area (Å²) in [4.78, 5) is 14.4. The number of anilines is 1. The topological polar surface area (TPSA) is 70.1 Å². The van der Waals surface area contributed by atoms with Crippen molar-refractivity contribution in [3.63, 3.8) is 0 Å². The van der Waals surface area contributed by atoms with Crippen LogP contribution in [-0.4, -0.2) is 16.7 Å². The quantitative estimate of drug-likeness (QED) is 0.620. The summed E-state index contributed by atoms with van der Waals surface area (Å²) >= 11 is 0. The fourth-order valence-electron chi connectivity index (χ4n) is 0.679. The van der Waals surface area contributed by atoms with E-state index in [1.54, 1.807) is 6.07 Å². The van der Waals surface area contributed by atoms with Crippen LogP contribution >= 0.6 is 0 Å². The van der Waals surface area contributed by atoms with E-state index in [1.807, 2.05) is 0 Å². The van der Waals surface area contributed by atoms with Gasteiger partial charge in [-0.15, -0.1) is 0 Å². The van der Waals surface area contributed by atoms with Gasteiger partial charge in [0.25, 0.3) is 0 Å². The van der Waals surface area contributed by atoms with Crippen LogP contribution in [0.3, 0.4) is 0 Å². The molecule has 0 amide bonds. The van der Waals surface area contributed by atoms with E-state index in [-0.39, 0.29) is 12.5 Å². The number of ether oxygens (including phenoxy) is 1. The monoisotopic (exact) mass is 155 g/mol. The highest BCUT2D eigenvalue weighted by molar-refractivity contribution is 5.23. The van der Waals surface area contributed by atoms with E-state index >= 15 is 0 Å². The van der Waals surface area contributed by atoms with Gasteiger partial charge in [0, 0.05) is 13.3 Å². The molecule has 11 heavy (non-hydrogen) atoms. The van der Waals surface area contributed by atoms with Crippen LogP contribution in [0.2, 0.25) is 0 Å². The van der Waals surface area contributed by atoms with Gasteiger partial charge < -0.3 is 10.5 Å². The number of aromatic nitrogens is 2. The molecule has 0 radical (unpaired) electrons. The number of hydrogen-bond donors (Lipinski definition) is 1. The molecule has 60 valence electrons. The van der Waals surface area contributed by atoms with Crippen molar-refractivity contribution in [1.82, 2.24) is 9.55 Å². The first-order valence-electron chi connectivity index (χ1n) is 3.06. The molecule has 5 heteroatoms. The molecule has 0 bridgehead atoms. The van der Waals surface area contributed by atoms with Crippen LogP contribution in [0.1, 0.15) is 0 Å². The highest BCUT2D eigenvalue weighted by Crippen LogP contribution is 1.88. The summed E-state index contributed by atoms with van der Waals surface area (Å²) in [7, 11) is 1.50. The summed E-state index contributed by atoms with van der Waals surface area (Å²) in [5, 5.41) is 0. The van der Waals surface area contributed by atoms with Crippen molar-refractivity contribution in [1.29, 1.82) is 0 Å².